The molecule has 0 bridgehead atoms. The van der Waals surface area contributed by atoms with E-state index >= 15 is 0 Å². The predicted molar refractivity (Wildman–Crippen MR) is 74.2 cm³/mol. The van der Waals surface area contributed by atoms with Crippen LogP contribution in [0.1, 0.15) is 33.6 Å². The number of hydrogen-bond donors (Lipinski definition) is 1. The minimum absolute atomic E-state index is 0.181. The average molecular weight is 273 g/mol. The van der Waals surface area contributed by atoms with Gasteiger partial charge < -0.3 is 14.4 Å². The molecule has 1 aromatic carbocycles. The van der Waals surface area contributed by atoms with Gasteiger partial charge in [0.05, 0.1) is 5.56 Å². The number of rotatable bonds is 4. The molecule has 0 saturated carbocycles. The summed E-state index contributed by atoms with van der Waals surface area (Å²) in [4.78, 5) is 24.4. The van der Waals surface area contributed by atoms with Gasteiger partial charge in [-0.3, -0.25) is 4.79 Å². The highest BCUT2D eigenvalue weighted by molar-refractivity contribution is 6.04. The maximum atomic E-state index is 12.2. The molecule has 0 fully saturated rings. The van der Waals surface area contributed by atoms with Gasteiger partial charge in [-0.15, -0.1) is 0 Å². The summed E-state index contributed by atoms with van der Waals surface area (Å²) in [5.41, 5.74) is 0.787. The van der Waals surface area contributed by atoms with E-state index in [1.807, 2.05) is 6.92 Å². The summed E-state index contributed by atoms with van der Waals surface area (Å²) >= 11 is 0. The Hall–Kier alpha value is -2.56. The van der Waals surface area contributed by atoms with E-state index < -0.39 is 5.97 Å². The summed E-state index contributed by atoms with van der Waals surface area (Å²) in [6, 6.07) is 9.51. The number of nitrogens with zero attached hydrogens (tertiary/aromatic N) is 1. The second kappa shape index (κ2) is 5.61. The van der Waals surface area contributed by atoms with Crippen LogP contribution in [0.2, 0.25) is 0 Å². The molecule has 20 heavy (non-hydrogen) atoms. The minimum Gasteiger partial charge on any atom is -0.478 e. The van der Waals surface area contributed by atoms with Crippen LogP contribution in [-0.2, 0) is 6.42 Å². The molecule has 0 radical (unpaired) electrons. The molecule has 0 atom stereocenters. The zero-order chi connectivity index (χ0) is 14.7. The summed E-state index contributed by atoms with van der Waals surface area (Å²) in [5, 5.41) is 8.84. The van der Waals surface area contributed by atoms with Crippen LogP contribution in [0, 0.1) is 0 Å². The highest BCUT2D eigenvalue weighted by atomic mass is 16.4. The number of carboxylic acids is 1. The van der Waals surface area contributed by atoms with Gasteiger partial charge >= 0.3 is 5.97 Å². The molecule has 0 unspecified atom stereocenters. The second-order valence-electron chi connectivity index (χ2n) is 4.34. The largest absolute Gasteiger partial charge is 0.478 e. The molecule has 0 aliphatic carbocycles. The van der Waals surface area contributed by atoms with E-state index in [0.29, 0.717) is 5.69 Å². The fourth-order valence-electron chi connectivity index (χ4n) is 1.79. The van der Waals surface area contributed by atoms with Gasteiger partial charge in [-0.1, -0.05) is 6.92 Å². The Labute approximate surface area is 116 Å². The SMILES string of the molecule is CCc1ccc(C(=O)N(C)c2ccc(C(=O)O)cc2)o1. The van der Waals surface area contributed by atoms with Gasteiger partial charge in [0.25, 0.3) is 5.91 Å². The number of carbonyl (C=O) groups is 2. The molecule has 2 aromatic rings. The fraction of sp³-hybridized carbons (Fsp3) is 0.200. The van der Waals surface area contributed by atoms with Gasteiger partial charge in [0.1, 0.15) is 5.76 Å². The summed E-state index contributed by atoms with van der Waals surface area (Å²) < 4.78 is 5.41. The van der Waals surface area contributed by atoms with Crippen molar-refractivity contribution in [3.8, 4) is 0 Å². The molecule has 1 amide bonds. The summed E-state index contributed by atoms with van der Waals surface area (Å²) in [6.07, 6.45) is 0.726. The first-order valence-electron chi connectivity index (χ1n) is 6.23. The number of benzene rings is 1. The van der Waals surface area contributed by atoms with Crippen molar-refractivity contribution in [2.24, 2.45) is 0 Å². The third-order valence-corrected chi connectivity index (χ3v) is 3.03. The van der Waals surface area contributed by atoms with Gasteiger partial charge in [-0.05, 0) is 36.4 Å². The van der Waals surface area contributed by atoms with Gasteiger partial charge in [0.2, 0.25) is 0 Å². The Kier molecular flexibility index (Phi) is 3.89. The molecular weight excluding hydrogens is 258 g/mol. The lowest BCUT2D eigenvalue weighted by molar-refractivity contribution is 0.0696. The van der Waals surface area contributed by atoms with Crippen LogP contribution < -0.4 is 4.90 Å². The molecule has 1 aromatic heterocycles. The van der Waals surface area contributed by atoms with E-state index in [4.69, 9.17) is 9.52 Å². The van der Waals surface area contributed by atoms with E-state index in [1.54, 1.807) is 31.3 Å². The number of aromatic carboxylic acids is 1. The Bertz CT molecular complexity index is 628. The maximum Gasteiger partial charge on any atom is 0.335 e. The molecule has 1 heterocycles. The zero-order valence-corrected chi connectivity index (χ0v) is 11.3. The van der Waals surface area contributed by atoms with Crippen LogP contribution in [0.5, 0.6) is 0 Å². The van der Waals surface area contributed by atoms with E-state index in [2.05, 4.69) is 0 Å². The molecule has 0 saturated heterocycles. The summed E-state index contributed by atoms with van der Waals surface area (Å²) in [7, 11) is 1.62. The van der Waals surface area contributed by atoms with Crippen LogP contribution in [0.3, 0.4) is 0 Å². The van der Waals surface area contributed by atoms with Crippen molar-refractivity contribution in [1.82, 2.24) is 0 Å². The average Bonchev–Trinajstić information content (AvgIpc) is 2.94. The minimum atomic E-state index is -0.996. The molecule has 0 aliphatic heterocycles. The topological polar surface area (TPSA) is 70.8 Å². The Morgan fingerprint density at radius 3 is 2.30 bits per heavy atom. The Morgan fingerprint density at radius 1 is 1.15 bits per heavy atom. The van der Waals surface area contributed by atoms with Crippen molar-refractivity contribution in [2.45, 2.75) is 13.3 Å². The lowest BCUT2D eigenvalue weighted by Gasteiger charge is -2.15. The number of anilines is 1. The smallest absolute Gasteiger partial charge is 0.335 e. The molecule has 0 aliphatic rings. The van der Waals surface area contributed by atoms with Gasteiger partial charge in [0.15, 0.2) is 5.76 Å². The van der Waals surface area contributed by atoms with E-state index in [9.17, 15) is 9.59 Å². The van der Waals surface area contributed by atoms with Crippen molar-refractivity contribution in [1.29, 1.82) is 0 Å². The molecule has 5 nitrogen and oxygen atoms in total. The fourth-order valence-corrected chi connectivity index (χ4v) is 1.79. The highest BCUT2D eigenvalue weighted by Crippen LogP contribution is 2.18. The van der Waals surface area contributed by atoms with E-state index in [0.717, 1.165) is 12.2 Å². The van der Waals surface area contributed by atoms with Crippen LogP contribution >= 0.6 is 0 Å². The standard InChI is InChI=1S/C15H15NO4/c1-3-12-8-9-13(20-12)14(17)16(2)11-6-4-10(5-7-11)15(18)19/h4-9H,3H2,1-2H3,(H,18,19). The highest BCUT2D eigenvalue weighted by Gasteiger charge is 2.17. The number of amides is 1. The first-order valence-corrected chi connectivity index (χ1v) is 6.23. The summed E-state index contributed by atoms with van der Waals surface area (Å²) in [5.74, 6) is -0.244. The molecule has 0 spiro atoms. The number of hydrogen-bond acceptors (Lipinski definition) is 3. The normalized spacial score (nSPS) is 10.3. The Morgan fingerprint density at radius 2 is 1.80 bits per heavy atom. The number of carbonyl (C=O) groups excluding carboxylic acids is 1. The van der Waals surface area contributed by atoms with Gasteiger partial charge in [-0.2, -0.15) is 0 Å². The van der Waals surface area contributed by atoms with Crippen molar-refractivity contribution in [3.05, 3.63) is 53.5 Å². The van der Waals surface area contributed by atoms with Gasteiger partial charge in [0, 0.05) is 19.2 Å². The van der Waals surface area contributed by atoms with Crippen LogP contribution in [-0.4, -0.2) is 24.0 Å². The number of aryl methyl sites for hydroxylation is 1. The van der Waals surface area contributed by atoms with Gasteiger partial charge in [-0.25, -0.2) is 4.79 Å². The van der Waals surface area contributed by atoms with Crippen molar-refractivity contribution in [2.75, 3.05) is 11.9 Å². The van der Waals surface area contributed by atoms with E-state index in [1.165, 1.54) is 17.0 Å². The monoisotopic (exact) mass is 273 g/mol. The predicted octanol–water partition coefficient (Wildman–Crippen LogP) is 2.82. The molecular formula is C15H15NO4. The van der Waals surface area contributed by atoms with Crippen molar-refractivity contribution in [3.63, 3.8) is 0 Å². The van der Waals surface area contributed by atoms with Crippen molar-refractivity contribution >= 4 is 17.6 Å². The first-order chi connectivity index (χ1) is 9.52. The first kappa shape index (κ1) is 13.9. The molecule has 5 heteroatoms. The quantitative estimate of drug-likeness (QED) is 0.929. The molecule has 1 N–H and O–H groups in total. The lowest BCUT2D eigenvalue weighted by atomic mass is 10.2. The number of carboxylic acid groups (broad SMARTS) is 1. The van der Waals surface area contributed by atoms with E-state index in [-0.39, 0.29) is 17.2 Å². The third-order valence-electron chi connectivity index (χ3n) is 3.03. The Balaban J connectivity index is 2.19. The maximum absolute atomic E-state index is 12.2. The van der Waals surface area contributed by atoms with Crippen LogP contribution in [0.15, 0.2) is 40.8 Å². The zero-order valence-electron chi connectivity index (χ0n) is 11.3. The summed E-state index contributed by atoms with van der Waals surface area (Å²) in [6.45, 7) is 1.95. The third kappa shape index (κ3) is 2.71. The number of furan rings is 1. The molecule has 2 rings (SSSR count). The van der Waals surface area contributed by atoms with Crippen molar-refractivity contribution < 1.29 is 19.1 Å². The molecule has 104 valence electrons. The lowest BCUT2D eigenvalue weighted by Crippen LogP contribution is -2.25. The second-order valence-corrected chi connectivity index (χ2v) is 4.34. The van der Waals surface area contributed by atoms with Crippen LogP contribution in [0.25, 0.3) is 0 Å². The van der Waals surface area contributed by atoms with Crippen LogP contribution in [0.4, 0.5) is 5.69 Å².